The number of nitrogens with two attached hydrogens (primary N) is 1. The van der Waals surface area contributed by atoms with E-state index in [4.69, 9.17) is 10.3 Å². The second-order valence-electron chi connectivity index (χ2n) is 3.86. The number of hydrazine groups is 1. The third-order valence-corrected chi connectivity index (χ3v) is 2.87. The van der Waals surface area contributed by atoms with Crippen LogP contribution in [0.1, 0.15) is 22.9 Å². The van der Waals surface area contributed by atoms with Gasteiger partial charge in [0.05, 0.1) is 24.8 Å². The molecule has 0 saturated heterocycles. The highest BCUT2D eigenvalue weighted by Gasteiger charge is 2.16. The Balaban J connectivity index is 2.20. The summed E-state index contributed by atoms with van der Waals surface area (Å²) in [5, 5.41) is 4.21. The van der Waals surface area contributed by atoms with Gasteiger partial charge >= 0.3 is 0 Å². The molecular formula is C11H16N4O. The van der Waals surface area contributed by atoms with Crippen LogP contribution in [0.2, 0.25) is 0 Å². The summed E-state index contributed by atoms with van der Waals surface area (Å²) in [5.41, 5.74) is 6.17. The van der Waals surface area contributed by atoms with Crippen molar-refractivity contribution in [2.45, 2.75) is 19.4 Å². The molecule has 0 saturated carbocycles. The summed E-state index contributed by atoms with van der Waals surface area (Å²) in [5.74, 6) is 5.58. The lowest BCUT2D eigenvalue weighted by Gasteiger charge is -2.14. The Bertz CT molecular complexity index is 447. The van der Waals surface area contributed by atoms with E-state index in [2.05, 4.69) is 10.5 Å². The van der Waals surface area contributed by atoms with Gasteiger partial charge in [-0.1, -0.05) is 0 Å². The molecule has 0 spiro atoms. The van der Waals surface area contributed by atoms with E-state index < -0.39 is 0 Å². The number of hydrogen-bond donors (Lipinski definition) is 2. The van der Waals surface area contributed by atoms with E-state index in [9.17, 15) is 0 Å². The van der Waals surface area contributed by atoms with Crippen molar-refractivity contribution in [2.24, 2.45) is 12.9 Å². The zero-order valence-electron chi connectivity index (χ0n) is 9.47. The Morgan fingerprint density at radius 2 is 2.44 bits per heavy atom. The minimum Gasteiger partial charge on any atom is -0.472 e. The molecule has 0 amide bonds. The zero-order valence-corrected chi connectivity index (χ0v) is 9.47. The Hall–Kier alpha value is -1.59. The summed E-state index contributed by atoms with van der Waals surface area (Å²) in [7, 11) is 1.92. The van der Waals surface area contributed by atoms with Crippen LogP contribution in [0.3, 0.4) is 0 Å². The molecule has 5 heteroatoms. The van der Waals surface area contributed by atoms with E-state index >= 15 is 0 Å². The van der Waals surface area contributed by atoms with Crippen LogP contribution >= 0.6 is 0 Å². The fraction of sp³-hybridized carbons (Fsp3) is 0.364. The molecule has 2 rings (SSSR count). The van der Waals surface area contributed by atoms with Crippen LogP contribution in [0.4, 0.5) is 0 Å². The molecule has 1 unspecified atom stereocenters. The van der Waals surface area contributed by atoms with Crippen LogP contribution in [-0.4, -0.2) is 9.78 Å². The van der Waals surface area contributed by atoms with E-state index in [1.54, 1.807) is 12.5 Å². The van der Waals surface area contributed by atoms with Crippen molar-refractivity contribution < 1.29 is 4.42 Å². The van der Waals surface area contributed by atoms with Gasteiger partial charge in [0.25, 0.3) is 0 Å². The van der Waals surface area contributed by atoms with Crippen molar-refractivity contribution >= 4 is 0 Å². The molecule has 0 radical (unpaired) electrons. The summed E-state index contributed by atoms with van der Waals surface area (Å²) >= 11 is 0. The van der Waals surface area contributed by atoms with Crippen molar-refractivity contribution in [2.75, 3.05) is 0 Å². The number of rotatable bonds is 4. The monoisotopic (exact) mass is 220 g/mol. The summed E-state index contributed by atoms with van der Waals surface area (Å²) in [4.78, 5) is 0. The first-order valence-corrected chi connectivity index (χ1v) is 5.18. The number of hydrogen-bond acceptors (Lipinski definition) is 4. The van der Waals surface area contributed by atoms with E-state index in [1.807, 2.05) is 30.9 Å². The Kier molecular flexibility index (Phi) is 3.07. The first-order chi connectivity index (χ1) is 7.72. The lowest BCUT2D eigenvalue weighted by molar-refractivity contribution is 0.533. The summed E-state index contributed by atoms with van der Waals surface area (Å²) in [6, 6.07) is 2.00. The van der Waals surface area contributed by atoms with E-state index in [-0.39, 0.29) is 6.04 Å². The first-order valence-electron chi connectivity index (χ1n) is 5.18. The van der Waals surface area contributed by atoms with Gasteiger partial charge in [0.2, 0.25) is 0 Å². The number of aryl methyl sites for hydroxylation is 1. The van der Waals surface area contributed by atoms with Gasteiger partial charge in [0, 0.05) is 18.3 Å². The molecule has 3 N–H and O–H groups in total. The molecule has 2 heterocycles. The third kappa shape index (κ3) is 2.00. The molecule has 0 bridgehead atoms. The molecule has 2 aromatic heterocycles. The van der Waals surface area contributed by atoms with Crippen LogP contribution < -0.4 is 11.3 Å². The molecule has 16 heavy (non-hydrogen) atoms. The molecular weight excluding hydrogens is 204 g/mol. The molecule has 2 aromatic rings. The molecule has 5 nitrogen and oxygen atoms in total. The predicted molar refractivity (Wildman–Crippen MR) is 60.4 cm³/mol. The smallest absolute Gasteiger partial charge is 0.0935 e. The van der Waals surface area contributed by atoms with Crippen molar-refractivity contribution in [1.29, 1.82) is 0 Å². The Labute approximate surface area is 94.2 Å². The quantitative estimate of drug-likeness (QED) is 0.597. The first kappa shape index (κ1) is 10.9. The second-order valence-corrected chi connectivity index (χ2v) is 3.86. The maximum absolute atomic E-state index is 5.58. The van der Waals surface area contributed by atoms with Crippen molar-refractivity contribution in [3.8, 4) is 0 Å². The molecule has 86 valence electrons. The Morgan fingerprint density at radius 3 is 2.94 bits per heavy atom. The highest BCUT2D eigenvalue weighted by Crippen LogP contribution is 2.20. The average Bonchev–Trinajstić information content (AvgIpc) is 2.88. The molecule has 0 aliphatic carbocycles. The van der Waals surface area contributed by atoms with Crippen molar-refractivity contribution in [3.05, 3.63) is 41.6 Å². The van der Waals surface area contributed by atoms with Crippen LogP contribution in [0.15, 0.2) is 29.2 Å². The van der Waals surface area contributed by atoms with Crippen LogP contribution in [0.25, 0.3) is 0 Å². The van der Waals surface area contributed by atoms with Gasteiger partial charge in [-0.15, -0.1) is 0 Å². The lowest BCUT2D eigenvalue weighted by atomic mass is 10.0. The van der Waals surface area contributed by atoms with Crippen LogP contribution in [0.5, 0.6) is 0 Å². The highest BCUT2D eigenvalue weighted by molar-refractivity contribution is 5.23. The van der Waals surface area contributed by atoms with Gasteiger partial charge in [0.15, 0.2) is 0 Å². The van der Waals surface area contributed by atoms with Gasteiger partial charge in [-0.05, 0) is 25.0 Å². The van der Waals surface area contributed by atoms with Crippen molar-refractivity contribution in [1.82, 2.24) is 15.2 Å². The molecule has 0 aromatic carbocycles. The number of nitrogens with one attached hydrogen (secondary N) is 1. The Morgan fingerprint density at radius 1 is 1.62 bits per heavy atom. The fourth-order valence-corrected chi connectivity index (χ4v) is 1.76. The maximum atomic E-state index is 5.58. The van der Waals surface area contributed by atoms with Crippen molar-refractivity contribution in [3.63, 3.8) is 0 Å². The maximum Gasteiger partial charge on any atom is 0.0935 e. The van der Waals surface area contributed by atoms with Gasteiger partial charge in [-0.25, -0.2) is 0 Å². The summed E-state index contributed by atoms with van der Waals surface area (Å²) in [6.07, 6.45) is 6.04. The van der Waals surface area contributed by atoms with E-state index in [0.717, 1.165) is 23.2 Å². The average molecular weight is 220 g/mol. The predicted octanol–water partition coefficient (Wildman–Crippen LogP) is 1.07. The van der Waals surface area contributed by atoms with Gasteiger partial charge in [0.1, 0.15) is 0 Å². The normalized spacial score (nSPS) is 12.9. The van der Waals surface area contributed by atoms with Gasteiger partial charge < -0.3 is 4.42 Å². The summed E-state index contributed by atoms with van der Waals surface area (Å²) in [6.45, 7) is 2.03. The van der Waals surface area contributed by atoms with E-state index in [1.165, 1.54) is 0 Å². The third-order valence-electron chi connectivity index (χ3n) is 2.87. The number of furan rings is 1. The molecule has 0 fully saturated rings. The van der Waals surface area contributed by atoms with Crippen LogP contribution in [-0.2, 0) is 13.5 Å². The lowest BCUT2D eigenvalue weighted by Crippen LogP contribution is -2.29. The molecule has 1 atom stereocenters. The molecule has 0 aliphatic heterocycles. The number of aromatic nitrogens is 2. The van der Waals surface area contributed by atoms with Gasteiger partial charge in [-0.3, -0.25) is 16.0 Å². The minimum absolute atomic E-state index is 0.0614. The van der Waals surface area contributed by atoms with Gasteiger partial charge in [-0.2, -0.15) is 5.10 Å². The fourth-order valence-electron chi connectivity index (χ4n) is 1.76. The van der Waals surface area contributed by atoms with Crippen LogP contribution in [0, 0.1) is 6.92 Å². The topological polar surface area (TPSA) is 69.0 Å². The second kappa shape index (κ2) is 4.51. The van der Waals surface area contributed by atoms with E-state index in [0.29, 0.717) is 0 Å². The standard InChI is InChI=1S/C11H16N4O/c1-8-10(6-13-15(8)2)11(14-12)5-9-3-4-16-7-9/h3-4,6-7,11,14H,5,12H2,1-2H3. The minimum atomic E-state index is 0.0614. The highest BCUT2D eigenvalue weighted by atomic mass is 16.3. The molecule has 0 aliphatic rings. The SMILES string of the molecule is Cc1c(C(Cc2ccoc2)NN)cnn1C. The largest absolute Gasteiger partial charge is 0.472 e. The number of nitrogens with zero attached hydrogens (tertiary/aromatic N) is 2. The zero-order chi connectivity index (χ0) is 11.5. The summed E-state index contributed by atoms with van der Waals surface area (Å²) < 4.78 is 6.88.